The number of ether oxygens (including phenoxy) is 2. The highest BCUT2D eigenvalue weighted by atomic mass is 16.5. The highest BCUT2D eigenvalue weighted by Gasteiger charge is 2.41. The van der Waals surface area contributed by atoms with E-state index in [2.05, 4.69) is 5.32 Å². The molecule has 1 aromatic rings. The minimum Gasteiger partial charge on any atom is -0.495 e. The number of methoxy groups -OCH3 is 1. The van der Waals surface area contributed by atoms with E-state index in [0.717, 1.165) is 43.8 Å². The summed E-state index contributed by atoms with van der Waals surface area (Å²) in [7, 11) is 1.63. The van der Waals surface area contributed by atoms with Gasteiger partial charge in [0.15, 0.2) is 0 Å². The molecule has 1 unspecified atom stereocenters. The molecule has 2 saturated heterocycles. The van der Waals surface area contributed by atoms with Crippen molar-refractivity contribution in [3.8, 4) is 5.75 Å². The number of hydrogen-bond donors (Lipinski definition) is 1. The van der Waals surface area contributed by atoms with Gasteiger partial charge in [-0.2, -0.15) is 0 Å². The number of benzene rings is 1. The van der Waals surface area contributed by atoms with Crippen LogP contribution in [0, 0.1) is 0 Å². The zero-order valence-electron chi connectivity index (χ0n) is 12.4. The number of morpholine rings is 1. The Kier molecular flexibility index (Phi) is 4.12. The lowest BCUT2D eigenvalue weighted by molar-refractivity contribution is -0.140. The Morgan fingerprint density at radius 3 is 3.00 bits per heavy atom. The van der Waals surface area contributed by atoms with Crippen molar-refractivity contribution in [1.82, 2.24) is 5.32 Å². The van der Waals surface area contributed by atoms with E-state index < -0.39 is 0 Å². The molecule has 114 valence electrons. The first kappa shape index (κ1) is 14.4. The minimum atomic E-state index is -0.224. The van der Waals surface area contributed by atoms with Gasteiger partial charge in [-0.25, -0.2) is 0 Å². The van der Waals surface area contributed by atoms with Crippen molar-refractivity contribution in [3.05, 3.63) is 24.3 Å². The van der Waals surface area contributed by atoms with Crippen molar-refractivity contribution >= 4 is 11.6 Å². The van der Waals surface area contributed by atoms with E-state index in [-0.39, 0.29) is 18.1 Å². The van der Waals surface area contributed by atoms with Gasteiger partial charge in [0.05, 0.1) is 24.9 Å². The fourth-order valence-electron chi connectivity index (χ4n) is 3.19. The normalized spacial score (nSPS) is 26.7. The molecule has 0 saturated carbocycles. The van der Waals surface area contributed by atoms with Gasteiger partial charge in [0.25, 0.3) is 5.91 Å². The number of nitrogens with one attached hydrogen (secondary N) is 1. The molecule has 1 atom stereocenters. The molecule has 0 bridgehead atoms. The average molecular weight is 290 g/mol. The summed E-state index contributed by atoms with van der Waals surface area (Å²) in [6.45, 7) is 2.72. The summed E-state index contributed by atoms with van der Waals surface area (Å²) in [5, 5.41) is 3.40. The molecule has 0 radical (unpaired) electrons. The molecule has 5 nitrogen and oxygen atoms in total. The number of hydrogen-bond acceptors (Lipinski definition) is 4. The van der Waals surface area contributed by atoms with Crippen LogP contribution in [-0.4, -0.2) is 44.9 Å². The molecule has 2 aliphatic rings. The van der Waals surface area contributed by atoms with Crippen LogP contribution in [0.25, 0.3) is 0 Å². The summed E-state index contributed by atoms with van der Waals surface area (Å²) >= 11 is 0. The van der Waals surface area contributed by atoms with E-state index in [9.17, 15) is 4.79 Å². The van der Waals surface area contributed by atoms with E-state index >= 15 is 0 Å². The fourth-order valence-corrected chi connectivity index (χ4v) is 3.19. The van der Waals surface area contributed by atoms with Crippen LogP contribution < -0.4 is 15.0 Å². The maximum Gasteiger partial charge on any atom is 0.253 e. The van der Waals surface area contributed by atoms with E-state index in [4.69, 9.17) is 9.47 Å². The van der Waals surface area contributed by atoms with Crippen LogP contribution in [0.3, 0.4) is 0 Å². The van der Waals surface area contributed by atoms with Crippen LogP contribution in [0.4, 0.5) is 5.69 Å². The lowest BCUT2D eigenvalue weighted by Gasteiger charge is -2.42. The van der Waals surface area contributed by atoms with Crippen molar-refractivity contribution in [2.45, 2.75) is 24.9 Å². The lowest BCUT2D eigenvalue weighted by atomic mass is 9.92. The summed E-state index contributed by atoms with van der Waals surface area (Å²) in [4.78, 5) is 14.1. The van der Waals surface area contributed by atoms with E-state index in [1.54, 1.807) is 7.11 Å². The third-order valence-corrected chi connectivity index (χ3v) is 4.37. The average Bonchev–Trinajstić information content (AvgIpc) is 2.76. The van der Waals surface area contributed by atoms with Gasteiger partial charge in [-0.05, 0) is 44.5 Å². The van der Waals surface area contributed by atoms with Crippen LogP contribution in [0.5, 0.6) is 5.75 Å². The second kappa shape index (κ2) is 6.03. The van der Waals surface area contributed by atoms with Crippen LogP contribution in [0.1, 0.15) is 19.3 Å². The zero-order chi connectivity index (χ0) is 14.7. The first-order chi connectivity index (χ1) is 10.2. The summed E-state index contributed by atoms with van der Waals surface area (Å²) < 4.78 is 11.4. The van der Waals surface area contributed by atoms with E-state index in [0.29, 0.717) is 6.54 Å². The van der Waals surface area contributed by atoms with Gasteiger partial charge >= 0.3 is 0 Å². The molecular formula is C16H22N2O3. The fraction of sp³-hybridized carbons (Fsp3) is 0.562. The Bertz CT molecular complexity index is 510. The molecule has 1 aromatic carbocycles. The Morgan fingerprint density at radius 2 is 2.14 bits per heavy atom. The molecule has 0 aromatic heterocycles. The Labute approximate surface area is 125 Å². The van der Waals surface area contributed by atoms with Crippen LogP contribution in [0.15, 0.2) is 24.3 Å². The molecule has 21 heavy (non-hydrogen) atoms. The molecule has 2 heterocycles. The molecule has 5 heteroatoms. The van der Waals surface area contributed by atoms with Crippen molar-refractivity contribution in [2.75, 3.05) is 38.3 Å². The molecular weight excluding hydrogens is 268 g/mol. The Balaban J connectivity index is 1.88. The number of para-hydroxylation sites is 2. The SMILES string of the molecule is COc1ccccc1N1CC2(CCCNCC2)OCC1=O. The van der Waals surface area contributed by atoms with Crippen LogP contribution >= 0.6 is 0 Å². The molecule has 0 aliphatic carbocycles. The number of amides is 1. The predicted molar refractivity (Wildman–Crippen MR) is 80.8 cm³/mol. The van der Waals surface area contributed by atoms with Gasteiger partial charge in [-0.3, -0.25) is 4.79 Å². The van der Waals surface area contributed by atoms with E-state index in [1.807, 2.05) is 29.2 Å². The van der Waals surface area contributed by atoms with Crippen molar-refractivity contribution < 1.29 is 14.3 Å². The van der Waals surface area contributed by atoms with Crippen LogP contribution in [-0.2, 0) is 9.53 Å². The molecule has 1 N–H and O–H groups in total. The quantitative estimate of drug-likeness (QED) is 0.898. The van der Waals surface area contributed by atoms with Gasteiger partial charge in [-0.1, -0.05) is 12.1 Å². The van der Waals surface area contributed by atoms with Gasteiger partial charge in [0, 0.05) is 0 Å². The third kappa shape index (κ3) is 2.89. The minimum absolute atomic E-state index is 0.00216. The molecule has 1 spiro atoms. The predicted octanol–water partition coefficient (Wildman–Crippen LogP) is 1.57. The smallest absolute Gasteiger partial charge is 0.253 e. The lowest BCUT2D eigenvalue weighted by Crippen LogP contribution is -2.55. The Hall–Kier alpha value is -1.59. The van der Waals surface area contributed by atoms with Gasteiger partial charge in [0.2, 0.25) is 0 Å². The van der Waals surface area contributed by atoms with E-state index in [1.165, 1.54) is 0 Å². The number of anilines is 1. The largest absolute Gasteiger partial charge is 0.495 e. The number of carbonyl (C=O) groups is 1. The highest BCUT2D eigenvalue weighted by molar-refractivity contribution is 5.96. The summed E-state index contributed by atoms with van der Waals surface area (Å²) in [6, 6.07) is 7.67. The maximum atomic E-state index is 12.3. The zero-order valence-corrected chi connectivity index (χ0v) is 12.4. The first-order valence-electron chi connectivity index (χ1n) is 7.52. The van der Waals surface area contributed by atoms with Gasteiger partial charge in [0.1, 0.15) is 12.4 Å². The van der Waals surface area contributed by atoms with Crippen molar-refractivity contribution in [3.63, 3.8) is 0 Å². The van der Waals surface area contributed by atoms with Crippen molar-refractivity contribution in [2.24, 2.45) is 0 Å². The van der Waals surface area contributed by atoms with Crippen molar-refractivity contribution in [1.29, 1.82) is 0 Å². The van der Waals surface area contributed by atoms with Gasteiger partial charge in [-0.15, -0.1) is 0 Å². The number of carbonyl (C=O) groups excluding carboxylic acids is 1. The topological polar surface area (TPSA) is 50.8 Å². The monoisotopic (exact) mass is 290 g/mol. The third-order valence-electron chi connectivity index (χ3n) is 4.37. The summed E-state index contributed by atoms with van der Waals surface area (Å²) in [5.41, 5.74) is 0.614. The first-order valence-corrected chi connectivity index (χ1v) is 7.52. The van der Waals surface area contributed by atoms with Crippen LogP contribution in [0.2, 0.25) is 0 Å². The second-order valence-electron chi connectivity index (χ2n) is 5.73. The maximum absolute atomic E-state index is 12.3. The highest BCUT2D eigenvalue weighted by Crippen LogP contribution is 2.35. The number of nitrogens with zero attached hydrogens (tertiary/aromatic N) is 1. The standard InChI is InChI=1S/C16H22N2O3/c1-20-14-6-3-2-5-13(14)18-12-16(21-11-15(18)19)7-4-9-17-10-8-16/h2-3,5-6,17H,4,7-12H2,1H3. The van der Waals surface area contributed by atoms with Gasteiger partial charge < -0.3 is 19.7 Å². The molecule has 2 aliphatic heterocycles. The molecule has 1 amide bonds. The number of rotatable bonds is 2. The summed E-state index contributed by atoms with van der Waals surface area (Å²) in [6.07, 6.45) is 3.00. The molecule has 2 fully saturated rings. The Morgan fingerprint density at radius 1 is 1.29 bits per heavy atom. The summed E-state index contributed by atoms with van der Waals surface area (Å²) in [5.74, 6) is 0.733. The second-order valence-corrected chi connectivity index (χ2v) is 5.73. The molecule has 3 rings (SSSR count).